The molecule has 0 saturated carbocycles. The van der Waals surface area contributed by atoms with Gasteiger partial charge in [0.2, 0.25) is 5.91 Å². The van der Waals surface area contributed by atoms with Crippen LogP contribution >= 0.6 is 15.9 Å². The topological polar surface area (TPSA) is 44.9 Å². The van der Waals surface area contributed by atoms with Crippen molar-refractivity contribution in [3.8, 4) is 0 Å². The van der Waals surface area contributed by atoms with Crippen LogP contribution in [0.3, 0.4) is 0 Å². The summed E-state index contributed by atoms with van der Waals surface area (Å²) in [6.45, 7) is 0.703. The SMILES string of the molecule is O=C(CCCCBr)NCCc1c[nH]c2ccccc12. The molecule has 0 bridgehead atoms. The Morgan fingerprint density at radius 1 is 1.26 bits per heavy atom. The Kier molecular flexibility index (Phi) is 5.45. The van der Waals surface area contributed by atoms with Gasteiger partial charge in [-0.2, -0.15) is 0 Å². The maximum Gasteiger partial charge on any atom is 0.220 e. The van der Waals surface area contributed by atoms with E-state index in [2.05, 4.69) is 38.4 Å². The smallest absolute Gasteiger partial charge is 0.220 e. The Hall–Kier alpha value is -1.29. The molecule has 0 aliphatic rings. The van der Waals surface area contributed by atoms with E-state index in [0.29, 0.717) is 13.0 Å². The second kappa shape index (κ2) is 7.34. The van der Waals surface area contributed by atoms with Gasteiger partial charge in [-0.05, 0) is 30.9 Å². The lowest BCUT2D eigenvalue weighted by Gasteiger charge is -2.04. The third-order valence-corrected chi connectivity index (χ3v) is 3.74. The molecule has 1 aromatic heterocycles. The highest BCUT2D eigenvalue weighted by Gasteiger charge is 2.04. The van der Waals surface area contributed by atoms with E-state index >= 15 is 0 Å². The Morgan fingerprint density at radius 2 is 2.11 bits per heavy atom. The Bertz CT molecular complexity index is 536. The first kappa shape index (κ1) is 14.1. The van der Waals surface area contributed by atoms with E-state index in [1.54, 1.807) is 0 Å². The van der Waals surface area contributed by atoms with Gasteiger partial charge in [0.05, 0.1) is 0 Å². The number of benzene rings is 1. The molecule has 1 aromatic carbocycles. The number of aromatic nitrogens is 1. The van der Waals surface area contributed by atoms with Crippen molar-refractivity contribution >= 4 is 32.7 Å². The molecule has 19 heavy (non-hydrogen) atoms. The number of fused-ring (bicyclic) bond motifs is 1. The van der Waals surface area contributed by atoms with Gasteiger partial charge < -0.3 is 10.3 Å². The highest BCUT2D eigenvalue weighted by Crippen LogP contribution is 2.17. The minimum absolute atomic E-state index is 0.154. The minimum Gasteiger partial charge on any atom is -0.361 e. The average molecular weight is 323 g/mol. The number of rotatable bonds is 7. The third kappa shape index (κ3) is 4.10. The van der Waals surface area contributed by atoms with Gasteiger partial charge in [-0.1, -0.05) is 34.1 Å². The van der Waals surface area contributed by atoms with Gasteiger partial charge in [0.1, 0.15) is 0 Å². The van der Waals surface area contributed by atoms with Crippen molar-refractivity contribution in [3.63, 3.8) is 0 Å². The molecule has 0 saturated heterocycles. The number of para-hydroxylation sites is 1. The predicted octanol–water partition coefficient (Wildman–Crippen LogP) is 3.39. The molecule has 1 heterocycles. The first-order chi connectivity index (χ1) is 9.31. The number of aromatic amines is 1. The van der Waals surface area contributed by atoms with E-state index in [-0.39, 0.29) is 5.91 Å². The molecular weight excluding hydrogens is 304 g/mol. The number of nitrogens with one attached hydrogen (secondary N) is 2. The van der Waals surface area contributed by atoms with E-state index in [1.165, 1.54) is 10.9 Å². The molecule has 0 atom stereocenters. The van der Waals surface area contributed by atoms with E-state index in [0.717, 1.165) is 30.1 Å². The van der Waals surface area contributed by atoms with Crippen molar-refractivity contribution in [2.75, 3.05) is 11.9 Å². The van der Waals surface area contributed by atoms with Crippen LogP contribution in [0, 0.1) is 0 Å². The Balaban J connectivity index is 1.78. The lowest BCUT2D eigenvalue weighted by Crippen LogP contribution is -2.25. The van der Waals surface area contributed by atoms with Crippen LogP contribution in [-0.2, 0) is 11.2 Å². The summed E-state index contributed by atoms with van der Waals surface area (Å²) < 4.78 is 0. The summed E-state index contributed by atoms with van der Waals surface area (Å²) in [4.78, 5) is 14.8. The number of H-pyrrole nitrogens is 1. The van der Waals surface area contributed by atoms with Crippen molar-refractivity contribution < 1.29 is 4.79 Å². The van der Waals surface area contributed by atoms with E-state index in [9.17, 15) is 4.79 Å². The lowest BCUT2D eigenvalue weighted by molar-refractivity contribution is -0.121. The Labute approximate surface area is 121 Å². The van der Waals surface area contributed by atoms with Gasteiger partial charge >= 0.3 is 0 Å². The normalized spacial score (nSPS) is 10.8. The molecule has 3 nitrogen and oxygen atoms in total. The quantitative estimate of drug-likeness (QED) is 0.595. The monoisotopic (exact) mass is 322 g/mol. The lowest BCUT2D eigenvalue weighted by atomic mass is 10.1. The van der Waals surface area contributed by atoms with Crippen molar-refractivity contribution in [3.05, 3.63) is 36.0 Å². The zero-order chi connectivity index (χ0) is 13.5. The molecule has 0 aliphatic carbocycles. The summed E-state index contributed by atoms with van der Waals surface area (Å²) >= 11 is 3.37. The highest BCUT2D eigenvalue weighted by atomic mass is 79.9. The maximum atomic E-state index is 11.6. The Morgan fingerprint density at radius 3 is 2.95 bits per heavy atom. The summed E-state index contributed by atoms with van der Waals surface area (Å²) in [6, 6.07) is 8.24. The maximum absolute atomic E-state index is 11.6. The molecule has 0 aliphatic heterocycles. The van der Waals surface area contributed by atoms with Crippen LogP contribution in [0.1, 0.15) is 24.8 Å². The number of amides is 1. The second-order valence-corrected chi connectivity index (χ2v) is 5.40. The summed E-state index contributed by atoms with van der Waals surface area (Å²) in [5.41, 5.74) is 2.41. The zero-order valence-corrected chi connectivity index (χ0v) is 12.5. The van der Waals surface area contributed by atoms with Crippen LogP contribution in [-0.4, -0.2) is 22.8 Å². The number of carbonyl (C=O) groups excluding carboxylic acids is 1. The summed E-state index contributed by atoms with van der Waals surface area (Å²) in [6.07, 6.45) is 5.52. The van der Waals surface area contributed by atoms with Crippen molar-refractivity contribution in [2.24, 2.45) is 0 Å². The van der Waals surface area contributed by atoms with Crippen molar-refractivity contribution in [1.29, 1.82) is 0 Å². The molecule has 2 rings (SSSR count). The summed E-state index contributed by atoms with van der Waals surface area (Å²) in [5, 5.41) is 5.19. The van der Waals surface area contributed by atoms with Crippen LogP contribution in [0.15, 0.2) is 30.5 Å². The van der Waals surface area contributed by atoms with Crippen molar-refractivity contribution in [1.82, 2.24) is 10.3 Å². The molecular formula is C15H19BrN2O. The molecule has 2 aromatic rings. The van der Waals surface area contributed by atoms with Crippen molar-refractivity contribution in [2.45, 2.75) is 25.7 Å². The zero-order valence-electron chi connectivity index (χ0n) is 10.9. The number of halogens is 1. The van der Waals surface area contributed by atoms with Gasteiger partial charge in [-0.25, -0.2) is 0 Å². The molecule has 0 radical (unpaired) electrons. The average Bonchev–Trinajstić information content (AvgIpc) is 2.83. The fourth-order valence-electron chi connectivity index (χ4n) is 2.14. The predicted molar refractivity (Wildman–Crippen MR) is 82.7 cm³/mol. The molecule has 2 N–H and O–H groups in total. The molecule has 0 fully saturated rings. The molecule has 4 heteroatoms. The number of hydrogen-bond donors (Lipinski definition) is 2. The highest BCUT2D eigenvalue weighted by molar-refractivity contribution is 9.09. The summed E-state index contributed by atoms with van der Waals surface area (Å²) in [7, 11) is 0. The second-order valence-electron chi connectivity index (χ2n) is 4.61. The number of carbonyl (C=O) groups is 1. The largest absolute Gasteiger partial charge is 0.361 e. The standard InChI is InChI=1S/C15H19BrN2O/c16-9-4-3-7-15(19)17-10-8-12-11-18-14-6-2-1-5-13(12)14/h1-2,5-6,11,18H,3-4,7-10H2,(H,17,19). The number of hydrogen-bond acceptors (Lipinski definition) is 1. The number of alkyl halides is 1. The molecule has 0 spiro atoms. The van der Waals surface area contributed by atoms with Gasteiger partial charge in [-0.15, -0.1) is 0 Å². The van der Waals surface area contributed by atoms with E-state index < -0.39 is 0 Å². The molecule has 0 unspecified atom stereocenters. The summed E-state index contributed by atoms with van der Waals surface area (Å²) in [5.74, 6) is 0.154. The van der Waals surface area contributed by atoms with Crippen LogP contribution < -0.4 is 5.32 Å². The first-order valence-electron chi connectivity index (χ1n) is 6.69. The minimum atomic E-state index is 0.154. The van der Waals surface area contributed by atoms with Gasteiger partial charge in [-0.3, -0.25) is 4.79 Å². The third-order valence-electron chi connectivity index (χ3n) is 3.18. The van der Waals surface area contributed by atoms with Gasteiger partial charge in [0.15, 0.2) is 0 Å². The van der Waals surface area contributed by atoms with Crippen LogP contribution in [0.5, 0.6) is 0 Å². The first-order valence-corrected chi connectivity index (χ1v) is 7.81. The van der Waals surface area contributed by atoms with E-state index in [4.69, 9.17) is 0 Å². The van der Waals surface area contributed by atoms with Gasteiger partial charge in [0, 0.05) is 35.4 Å². The van der Waals surface area contributed by atoms with Gasteiger partial charge in [0.25, 0.3) is 0 Å². The van der Waals surface area contributed by atoms with Crippen LogP contribution in [0.2, 0.25) is 0 Å². The van der Waals surface area contributed by atoms with E-state index in [1.807, 2.05) is 18.3 Å². The fourth-order valence-corrected chi connectivity index (χ4v) is 2.54. The number of unbranched alkanes of at least 4 members (excludes halogenated alkanes) is 1. The molecule has 1 amide bonds. The van der Waals surface area contributed by atoms with Crippen LogP contribution in [0.25, 0.3) is 10.9 Å². The van der Waals surface area contributed by atoms with Crippen LogP contribution in [0.4, 0.5) is 0 Å². The fraction of sp³-hybridized carbons (Fsp3) is 0.400. The molecule has 102 valence electrons.